The van der Waals surface area contributed by atoms with Crippen molar-refractivity contribution in [3.8, 4) is 17.0 Å². The standard InChI is InChI=1S/C38H40F2N8O7S/c1-45-20-29-28-11-22(21-56(2,52)53)27(15-31(28)48(36-30(40)12-24(39)17-42-36)18-23-16-41-35(34(23)29)38(45)51)37(50)43-25-5-8-46(19-25)9-10-54-32-13-26(55-44-32)14-33(49)47-6-3-4-7-47/h11-13,15-17,20,25,41H,3-10,14,18-19,21H2,1-2H3,(H,43,50)/t25-/m0/s1. The van der Waals surface area contributed by atoms with E-state index in [1.54, 1.807) is 31.6 Å². The number of carbonyl (C=O) groups excluding carboxylic acids is 2. The summed E-state index contributed by atoms with van der Waals surface area (Å²) in [7, 11) is -2.08. The van der Waals surface area contributed by atoms with Crippen LogP contribution >= 0.6 is 0 Å². The highest BCUT2D eigenvalue weighted by molar-refractivity contribution is 7.89. The van der Waals surface area contributed by atoms with Crippen molar-refractivity contribution in [2.75, 3.05) is 50.5 Å². The maximum atomic E-state index is 15.5. The van der Waals surface area contributed by atoms with Crippen molar-refractivity contribution in [2.24, 2.45) is 7.05 Å². The van der Waals surface area contributed by atoms with Crippen molar-refractivity contribution < 1.29 is 36.0 Å². The zero-order chi connectivity index (χ0) is 39.3. The second-order valence-electron chi connectivity index (χ2n) is 14.7. The van der Waals surface area contributed by atoms with Gasteiger partial charge in [0.25, 0.3) is 17.3 Å². The lowest BCUT2D eigenvalue weighted by atomic mass is 9.95. The topological polar surface area (TPSA) is 176 Å². The van der Waals surface area contributed by atoms with E-state index < -0.39 is 33.1 Å². The molecule has 4 aromatic heterocycles. The number of hydrogen-bond acceptors (Lipinski definition) is 11. The number of amides is 2. The summed E-state index contributed by atoms with van der Waals surface area (Å²) in [6.45, 7) is 3.50. The number of hydrogen-bond donors (Lipinski definition) is 2. The van der Waals surface area contributed by atoms with Crippen LogP contribution in [0.3, 0.4) is 0 Å². The molecule has 1 atom stereocenters. The molecule has 2 amide bonds. The summed E-state index contributed by atoms with van der Waals surface area (Å²) in [6.07, 6.45) is 7.98. The predicted octanol–water partition coefficient (Wildman–Crippen LogP) is 3.44. The Kier molecular flexibility index (Phi) is 9.86. The van der Waals surface area contributed by atoms with E-state index in [4.69, 9.17) is 9.26 Å². The van der Waals surface area contributed by atoms with Gasteiger partial charge in [0.05, 0.1) is 30.6 Å². The van der Waals surface area contributed by atoms with Gasteiger partial charge in [0, 0.05) is 98.7 Å². The number of H-pyrrole nitrogens is 1. The number of halogens is 2. The average Bonchev–Trinajstić information content (AvgIpc) is 3.97. The van der Waals surface area contributed by atoms with Gasteiger partial charge in [-0.1, -0.05) is 0 Å². The number of anilines is 2. The fourth-order valence-corrected chi connectivity index (χ4v) is 8.67. The summed E-state index contributed by atoms with van der Waals surface area (Å²) in [5.41, 5.74) is 2.24. The van der Waals surface area contributed by atoms with E-state index in [1.807, 2.05) is 4.90 Å². The molecule has 0 unspecified atom stereocenters. The predicted molar refractivity (Wildman–Crippen MR) is 201 cm³/mol. The molecule has 18 heteroatoms. The number of pyridine rings is 2. The maximum absolute atomic E-state index is 15.5. The molecule has 0 radical (unpaired) electrons. The smallest absolute Gasteiger partial charge is 0.274 e. The zero-order valence-corrected chi connectivity index (χ0v) is 31.6. The third-order valence-corrected chi connectivity index (χ3v) is 11.3. The van der Waals surface area contributed by atoms with Crippen LogP contribution in [0.15, 0.2) is 52.2 Å². The summed E-state index contributed by atoms with van der Waals surface area (Å²) < 4.78 is 67.6. The number of likely N-dealkylation sites (tertiary alicyclic amines) is 2. The molecule has 294 valence electrons. The van der Waals surface area contributed by atoms with Gasteiger partial charge in [-0.05, 0) is 47.7 Å². The number of aromatic amines is 1. The normalized spacial score (nSPS) is 17.0. The molecule has 8 rings (SSSR count). The van der Waals surface area contributed by atoms with Crippen LogP contribution in [0.2, 0.25) is 0 Å². The van der Waals surface area contributed by atoms with Gasteiger partial charge in [-0.3, -0.25) is 19.3 Å². The van der Waals surface area contributed by atoms with E-state index in [9.17, 15) is 27.2 Å². The molecule has 5 aromatic rings. The molecular weight excluding hydrogens is 751 g/mol. The van der Waals surface area contributed by atoms with Gasteiger partial charge in [0.1, 0.15) is 23.7 Å². The van der Waals surface area contributed by atoms with Crippen LogP contribution in [-0.4, -0.2) is 101 Å². The third-order valence-electron chi connectivity index (χ3n) is 10.5. The molecule has 1 aromatic carbocycles. The molecule has 2 N–H and O–H groups in total. The molecule has 0 saturated carbocycles. The van der Waals surface area contributed by atoms with Gasteiger partial charge in [-0.15, -0.1) is 0 Å². The summed E-state index contributed by atoms with van der Waals surface area (Å²) in [5, 5.41) is 7.56. The fraction of sp³-hybridized carbons (Fsp3) is 0.395. The minimum absolute atomic E-state index is 0.00123. The van der Waals surface area contributed by atoms with Crippen molar-refractivity contribution in [2.45, 2.75) is 44.0 Å². The number of nitrogens with zero attached hydrogens (tertiary/aromatic N) is 6. The number of rotatable bonds is 11. The number of ether oxygens (including phenoxy) is 1. The van der Waals surface area contributed by atoms with E-state index in [0.29, 0.717) is 77.8 Å². The fourth-order valence-electron chi connectivity index (χ4n) is 7.87. The van der Waals surface area contributed by atoms with Gasteiger partial charge in [-0.2, -0.15) is 0 Å². The Labute approximate surface area is 320 Å². The SMILES string of the molecule is Cn1cc2c3c(c[nH]c3c1=O)CN(c1ncc(F)cc1F)c1cc(C(=O)N[C@H]3CCN(CCOc4cc(CC(=O)N5CCCC5)on4)C3)c(CS(C)(=O)=O)cc1-2. The number of aromatic nitrogens is 4. The van der Waals surface area contributed by atoms with Gasteiger partial charge in [0.2, 0.25) is 5.91 Å². The van der Waals surface area contributed by atoms with Crippen molar-refractivity contribution in [1.82, 2.24) is 34.8 Å². The van der Waals surface area contributed by atoms with Gasteiger partial charge in [0.15, 0.2) is 21.5 Å². The lowest BCUT2D eigenvalue weighted by molar-refractivity contribution is -0.129. The Bertz CT molecular complexity index is 2530. The van der Waals surface area contributed by atoms with E-state index in [-0.39, 0.29) is 53.3 Å². The lowest BCUT2D eigenvalue weighted by Crippen LogP contribution is -2.38. The quantitative estimate of drug-likeness (QED) is 0.201. The Morgan fingerprint density at radius 3 is 2.68 bits per heavy atom. The molecule has 56 heavy (non-hydrogen) atoms. The molecule has 2 fully saturated rings. The molecule has 0 bridgehead atoms. The van der Waals surface area contributed by atoms with Crippen LogP contribution in [-0.2, 0) is 40.4 Å². The van der Waals surface area contributed by atoms with Crippen LogP contribution in [0.1, 0.15) is 46.5 Å². The largest absolute Gasteiger partial charge is 0.474 e. The van der Waals surface area contributed by atoms with Crippen LogP contribution in [0.5, 0.6) is 5.88 Å². The number of benzene rings is 1. The van der Waals surface area contributed by atoms with Crippen molar-refractivity contribution in [3.63, 3.8) is 0 Å². The molecule has 0 spiro atoms. The first-order valence-corrected chi connectivity index (χ1v) is 20.4. The lowest BCUT2D eigenvalue weighted by Gasteiger charge is -2.26. The highest BCUT2D eigenvalue weighted by Gasteiger charge is 2.32. The van der Waals surface area contributed by atoms with Gasteiger partial charge in [-0.25, -0.2) is 22.2 Å². The summed E-state index contributed by atoms with van der Waals surface area (Å²) in [6, 6.07) is 5.17. The van der Waals surface area contributed by atoms with Crippen LogP contribution < -0.4 is 20.5 Å². The summed E-state index contributed by atoms with van der Waals surface area (Å²) >= 11 is 0. The monoisotopic (exact) mass is 790 g/mol. The molecule has 0 aliphatic carbocycles. The van der Waals surface area contributed by atoms with Crippen molar-refractivity contribution >= 4 is 44.1 Å². The zero-order valence-electron chi connectivity index (χ0n) is 30.8. The third kappa shape index (κ3) is 7.49. The Balaban J connectivity index is 1.03. The molecule has 7 heterocycles. The molecule has 3 aliphatic rings. The minimum atomic E-state index is -3.66. The van der Waals surface area contributed by atoms with Gasteiger partial charge >= 0.3 is 0 Å². The van der Waals surface area contributed by atoms with Gasteiger partial charge < -0.3 is 33.9 Å². The van der Waals surface area contributed by atoms with Crippen molar-refractivity contribution in [3.05, 3.63) is 87.3 Å². The number of carbonyl (C=O) groups is 2. The Morgan fingerprint density at radius 1 is 1.11 bits per heavy atom. The molecule has 3 aliphatic heterocycles. The molecular formula is C38H40F2N8O7S. The van der Waals surface area contributed by atoms with Crippen molar-refractivity contribution in [1.29, 1.82) is 0 Å². The van der Waals surface area contributed by atoms with E-state index in [1.165, 1.54) is 15.5 Å². The van der Waals surface area contributed by atoms with E-state index in [0.717, 1.165) is 38.4 Å². The second-order valence-corrected chi connectivity index (χ2v) is 16.8. The first kappa shape index (κ1) is 37.3. The van der Waals surface area contributed by atoms with E-state index in [2.05, 4.69) is 25.3 Å². The van der Waals surface area contributed by atoms with Crippen LogP contribution in [0.25, 0.3) is 22.0 Å². The Hall–Kier alpha value is -5.62. The average molecular weight is 791 g/mol. The van der Waals surface area contributed by atoms with E-state index >= 15 is 4.39 Å². The highest BCUT2D eigenvalue weighted by atomic mass is 32.2. The maximum Gasteiger partial charge on any atom is 0.274 e. The minimum Gasteiger partial charge on any atom is -0.474 e. The highest BCUT2D eigenvalue weighted by Crippen LogP contribution is 2.45. The van der Waals surface area contributed by atoms with Crippen LogP contribution in [0, 0.1) is 11.6 Å². The van der Waals surface area contributed by atoms with Crippen LogP contribution in [0.4, 0.5) is 20.3 Å². The number of nitrogens with one attached hydrogen (secondary N) is 2. The summed E-state index contributed by atoms with van der Waals surface area (Å²) in [4.78, 5) is 52.2. The molecule has 15 nitrogen and oxygen atoms in total. The first-order valence-electron chi connectivity index (χ1n) is 18.3. The molecule has 2 saturated heterocycles. The Morgan fingerprint density at radius 2 is 1.91 bits per heavy atom. The number of aryl methyl sites for hydroxylation is 1. The second kappa shape index (κ2) is 14.8. The summed E-state index contributed by atoms with van der Waals surface area (Å²) in [5.74, 6) is -2.28. The number of fused-ring (bicyclic) bond motifs is 2. The first-order chi connectivity index (χ1) is 26.8. The number of sulfone groups is 1.